The van der Waals surface area contributed by atoms with Crippen molar-refractivity contribution in [2.75, 3.05) is 5.73 Å². The highest BCUT2D eigenvalue weighted by Crippen LogP contribution is 2.20. The molecule has 0 aliphatic heterocycles. The zero-order valence-corrected chi connectivity index (χ0v) is 16.2. The molecule has 10 heteroatoms. The first-order chi connectivity index (χ1) is 14.3. The first-order valence-electron chi connectivity index (χ1n) is 8.77. The second-order valence-electron chi connectivity index (χ2n) is 6.29. The standard InChI is InChI=1S/C10H8FN3O2.C10H10FN3/c1-7-12-4-5-13(7)10-3-2-8(14(15)16)6-9(10)11;1-7-13-4-5-14(7)10-3-2-8(12)6-9(10)11/h2-6H,1H3;2-6H,12H2,1H3. The quantitative estimate of drug-likeness (QED) is 0.309. The Morgan fingerprint density at radius 2 is 1.40 bits per heavy atom. The van der Waals surface area contributed by atoms with E-state index < -0.39 is 10.7 Å². The number of nitro groups is 1. The topological polar surface area (TPSA) is 105 Å². The molecule has 4 rings (SSSR count). The predicted molar refractivity (Wildman–Crippen MR) is 108 cm³/mol. The molecule has 4 aromatic rings. The van der Waals surface area contributed by atoms with E-state index in [0.717, 1.165) is 11.9 Å². The van der Waals surface area contributed by atoms with Crippen molar-refractivity contribution >= 4 is 11.4 Å². The van der Waals surface area contributed by atoms with Gasteiger partial charge in [0.25, 0.3) is 5.69 Å². The molecule has 0 saturated carbocycles. The Morgan fingerprint density at radius 1 is 0.900 bits per heavy atom. The van der Waals surface area contributed by atoms with Crippen LogP contribution in [0.1, 0.15) is 11.6 Å². The molecule has 154 valence electrons. The van der Waals surface area contributed by atoms with Crippen molar-refractivity contribution in [1.82, 2.24) is 19.1 Å². The van der Waals surface area contributed by atoms with Gasteiger partial charge in [-0.2, -0.15) is 0 Å². The summed E-state index contributed by atoms with van der Waals surface area (Å²) >= 11 is 0. The maximum absolute atomic E-state index is 13.6. The molecule has 0 unspecified atom stereocenters. The maximum atomic E-state index is 13.6. The third-order valence-corrected chi connectivity index (χ3v) is 4.28. The average Bonchev–Trinajstić information content (AvgIpc) is 3.30. The molecular weight excluding hydrogens is 394 g/mol. The molecule has 0 aliphatic carbocycles. The van der Waals surface area contributed by atoms with Gasteiger partial charge in [0.2, 0.25) is 0 Å². The second-order valence-corrected chi connectivity index (χ2v) is 6.29. The molecule has 2 heterocycles. The fourth-order valence-electron chi connectivity index (χ4n) is 2.79. The van der Waals surface area contributed by atoms with Crippen LogP contribution in [0.3, 0.4) is 0 Å². The SMILES string of the molecule is Cc1nccn1-c1ccc(N)cc1F.Cc1nccn1-c1ccc([N+](=O)[O-])cc1F. The lowest BCUT2D eigenvalue weighted by atomic mass is 10.2. The van der Waals surface area contributed by atoms with Crippen molar-refractivity contribution in [1.29, 1.82) is 0 Å². The van der Waals surface area contributed by atoms with Crippen LogP contribution in [0.5, 0.6) is 0 Å². The summed E-state index contributed by atoms with van der Waals surface area (Å²) in [7, 11) is 0. The Labute approximate surface area is 170 Å². The van der Waals surface area contributed by atoms with E-state index in [9.17, 15) is 18.9 Å². The number of nitro benzene ring substituents is 1. The van der Waals surface area contributed by atoms with Gasteiger partial charge in [-0.15, -0.1) is 0 Å². The van der Waals surface area contributed by atoms with Crippen molar-refractivity contribution in [3.8, 4) is 11.4 Å². The number of rotatable bonds is 3. The normalized spacial score (nSPS) is 10.4. The van der Waals surface area contributed by atoms with Crippen molar-refractivity contribution < 1.29 is 13.7 Å². The van der Waals surface area contributed by atoms with E-state index in [1.165, 1.54) is 29.0 Å². The number of nitrogen functional groups attached to an aromatic ring is 1. The highest BCUT2D eigenvalue weighted by molar-refractivity contribution is 5.46. The van der Waals surface area contributed by atoms with Crippen LogP contribution in [-0.4, -0.2) is 24.0 Å². The average molecular weight is 412 g/mol. The van der Waals surface area contributed by atoms with E-state index in [2.05, 4.69) is 9.97 Å². The van der Waals surface area contributed by atoms with Gasteiger partial charge in [-0.05, 0) is 38.1 Å². The molecule has 2 aromatic carbocycles. The van der Waals surface area contributed by atoms with Gasteiger partial charge in [-0.25, -0.2) is 18.7 Å². The number of aromatic nitrogens is 4. The van der Waals surface area contributed by atoms with E-state index in [0.29, 0.717) is 17.2 Å². The maximum Gasteiger partial charge on any atom is 0.272 e. The molecule has 8 nitrogen and oxygen atoms in total. The number of nitrogens with two attached hydrogens (primary N) is 1. The number of benzene rings is 2. The van der Waals surface area contributed by atoms with Crippen LogP contribution in [0.25, 0.3) is 11.4 Å². The fourth-order valence-corrected chi connectivity index (χ4v) is 2.79. The molecule has 0 spiro atoms. The van der Waals surface area contributed by atoms with E-state index >= 15 is 0 Å². The third-order valence-electron chi connectivity index (χ3n) is 4.28. The second kappa shape index (κ2) is 8.52. The Balaban J connectivity index is 0.000000172. The minimum absolute atomic E-state index is 0.251. The Morgan fingerprint density at radius 3 is 1.80 bits per heavy atom. The number of aryl methyl sites for hydroxylation is 2. The lowest BCUT2D eigenvalue weighted by molar-refractivity contribution is -0.385. The van der Waals surface area contributed by atoms with Crippen LogP contribution in [0.2, 0.25) is 0 Å². The third kappa shape index (κ3) is 4.32. The Kier molecular flexibility index (Phi) is 5.86. The number of hydrogen-bond donors (Lipinski definition) is 1. The number of halogens is 2. The van der Waals surface area contributed by atoms with Crippen molar-refractivity contribution in [3.05, 3.63) is 94.6 Å². The summed E-state index contributed by atoms with van der Waals surface area (Å²) in [6.07, 6.45) is 6.48. The number of non-ortho nitro benzene ring substituents is 1. The molecule has 2 N–H and O–H groups in total. The van der Waals surface area contributed by atoms with Gasteiger partial charge in [0, 0.05) is 36.5 Å². The highest BCUT2D eigenvalue weighted by Gasteiger charge is 2.12. The first-order valence-corrected chi connectivity index (χ1v) is 8.77. The minimum atomic E-state index is -0.643. The molecule has 0 atom stereocenters. The summed E-state index contributed by atoms with van der Waals surface area (Å²) in [5.74, 6) is 0.378. The smallest absolute Gasteiger partial charge is 0.272 e. The van der Waals surface area contributed by atoms with E-state index in [1.54, 1.807) is 42.2 Å². The number of anilines is 1. The van der Waals surface area contributed by atoms with Gasteiger partial charge in [-0.3, -0.25) is 10.1 Å². The molecule has 0 radical (unpaired) electrons. The van der Waals surface area contributed by atoms with Crippen LogP contribution in [-0.2, 0) is 0 Å². The number of hydrogen-bond acceptors (Lipinski definition) is 5. The predicted octanol–water partition coefficient (Wildman–Crippen LogP) is 4.13. The van der Waals surface area contributed by atoms with Crippen LogP contribution < -0.4 is 5.73 Å². The molecule has 0 saturated heterocycles. The minimum Gasteiger partial charge on any atom is -0.399 e. The van der Waals surface area contributed by atoms with Gasteiger partial charge < -0.3 is 14.9 Å². The van der Waals surface area contributed by atoms with Crippen LogP contribution in [0.4, 0.5) is 20.2 Å². The summed E-state index contributed by atoms with van der Waals surface area (Å²) in [5.41, 5.74) is 6.33. The zero-order chi connectivity index (χ0) is 21.8. The summed E-state index contributed by atoms with van der Waals surface area (Å²) in [4.78, 5) is 17.8. The van der Waals surface area contributed by atoms with Crippen LogP contribution >= 0.6 is 0 Å². The molecule has 2 aromatic heterocycles. The monoisotopic (exact) mass is 412 g/mol. The van der Waals surface area contributed by atoms with Gasteiger partial charge in [0.15, 0.2) is 5.82 Å². The van der Waals surface area contributed by atoms with Gasteiger partial charge >= 0.3 is 0 Å². The van der Waals surface area contributed by atoms with Gasteiger partial charge in [-0.1, -0.05) is 0 Å². The first kappa shape index (κ1) is 20.6. The summed E-state index contributed by atoms with van der Waals surface area (Å²) in [5, 5.41) is 10.4. The lowest BCUT2D eigenvalue weighted by Gasteiger charge is -2.06. The Bertz CT molecular complexity index is 1200. The van der Waals surface area contributed by atoms with E-state index in [-0.39, 0.29) is 17.2 Å². The van der Waals surface area contributed by atoms with E-state index in [4.69, 9.17) is 5.73 Å². The molecule has 0 bridgehead atoms. The highest BCUT2D eigenvalue weighted by atomic mass is 19.1. The summed E-state index contributed by atoms with van der Waals surface area (Å²) in [6, 6.07) is 8.13. The van der Waals surface area contributed by atoms with Crippen LogP contribution in [0.15, 0.2) is 61.2 Å². The number of imidazole rings is 2. The van der Waals surface area contributed by atoms with Crippen molar-refractivity contribution in [2.45, 2.75) is 13.8 Å². The van der Waals surface area contributed by atoms with Gasteiger partial charge in [0.1, 0.15) is 17.5 Å². The molecule has 0 aliphatic rings. The fraction of sp³-hybridized carbons (Fsp3) is 0.100. The molecule has 0 amide bonds. The summed E-state index contributed by atoms with van der Waals surface area (Å²) in [6.45, 7) is 3.54. The summed E-state index contributed by atoms with van der Waals surface area (Å²) < 4.78 is 30.3. The molecule has 0 fully saturated rings. The molecular formula is C20H18F2N6O2. The largest absolute Gasteiger partial charge is 0.399 e. The number of nitrogens with zero attached hydrogens (tertiary/aromatic N) is 5. The molecule has 30 heavy (non-hydrogen) atoms. The van der Waals surface area contributed by atoms with Crippen molar-refractivity contribution in [2.24, 2.45) is 0 Å². The van der Waals surface area contributed by atoms with Crippen LogP contribution in [0, 0.1) is 35.6 Å². The van der Waals surface area contributed by atoms with Gasteiger partial charge in [0.05, 0.1) is 22.4 Å². The van der Waals surface area contributed by atoms with Crippen molar-refractivity contribution in [3.63, 3.8) is 0 Å². The zero-order valence-electron chi connectivity index (χ0n) is 16.2. The lowest BCUT2D eigenvalue weighted by Crippen LogP contribution is -2.00. The van der Waals surface area contributed by atoms with E-state index in [1.807, 2.05) is 6.92 Å². The Hall–Kier alpha value is -4.08.